The molecule has 0 saturated heterocycles. The molecule has 0 atom stereocenters. The zero-order valence-corrected chi connectivity index (χ0v) is 6.60. The van der Waals surface area contributed by atoms with Crippen LogP contribution in [0.25, 0.3) is 0 Å². The maximum atomic E-state index is 11.0. The molecule has 0 heterocycles. The Kier molecular flexibility index (Phi) is 2.31. The Labute approximate surface area is 67.2 Å². The van der Waals surface area contributed by atoms with E-state index < -0.39 is 0 Å². The third kappa shape index (κ3) is 2.06. The molecule has 0 aliphatic heterocycles. The van der Waals surface area contributed by atoms with E-state index in [1.165, 1.54) is 0 Å². The molecule has 11 heavy (non-hydrogen) atoms. The first kappa shape index (κ1) is 8.29. The average molecular weight is 151 g/mol. The number of nitrogens with two attached hydrogens (primary N) is 1. The topological polar surface area (TPSA) is 43.1 Å². The van der Waals surface area contributed by atoms with Gasteiger partial charge in [0.1, 0.15) is 5.78 Å². The molecule has 0 unspecified atom stereocenters. The molecule has 1 rings (SSSR count). The molecule has 60 valence electrons. The summed E-state index contributed by atoms with van der Waals surface area (Å²) in [7, 11) is 0. The number of Topliss-reactive ketones (excluding diaryl/α,β-unsaturated/α-hetero) is 1. The minimum atomic E-state index is -0.200. The largest absolute Gasteiger partial charge is 0.325 e. The first-order valence-corrected chi connectivity index (χ1v) is 3.90. The Hall–Kier alpha value is -0.810. The SMILES string of the molecule is C#CCC(=O)CC1(N)CCC1. The summed E-state index contributed by atoms with van der Waals surface area (Å²) in [6, 6.07) is 0. The monoisotopic (exact) mass is 151 g/mol. The summed E-state index contributed by atoms with van der Waals surface area (Å²) < 4.78 is 0. The molecule has 1 saturated carbocycles. The first-order valence-electron chi connectivity index (χ1n) is 3.90. The third-order valence-electron chi connectivity index (χ3n) is 2.20. The lowest BCUT2D eigenvalue weighted by atomic mass is 9.74. The number of hydrogen-bond donors (Lipinski definition) is 1. The van der Waals surface area contributed by atoms with Crippen LogP contribution in [-0.4, -0.2) is 11.3 Å². The summed E-state index contributed by atoms with van der Waals surface area (Å²) in [6.45, 7) is 0. The molecule has 2 heteroatoms. The molecular weight excluding hydrogens is 138 g/mol. The zero-order valence-electron chi connectivity index (χ0n) is 6.60. The van der Waals surface area contributed by atoms with Crippen LogP contribution in [-0.2, 0) is 4.79 Å². The second-order valence-corrected chi connectivity index (χ2v) is 3.31. The number of rotatable bonds is 3. The third-order valence-corrected chi connectivity index (χ3v) is 2.20. The summed E-state index contributed by atoms with van der Waals surface area (Å²) in [5.74, 6) is 2.44. The molecule has 0 aromatic heterocycles. The van der Waals surface area contributed by atoms with Crippen molar-refractivity contribution in [1.82, 2.24) is 0 Å². The van der Waals surface area contributed by atoms with Crippen molar-refractivity contribution in [2.75, 3.05) is 0 Å². The fourth-order valence-corrected chi connectivity index (χ4v) is 1.38. The van der Waals surface area contributed by atoms with Gasteiger partial charge in [0, 0.05) is 12.0 Å². The minimum absolute atomic E-state index is 0.106. The fourth-order valence-electron chi connectivity index (χ4n) is 1.38. The number of hydrogen-bond acceptors (Lipinski definition) is 2. The van der Waals surface area contributed by atoms with Crippen LogP contribution in [0, 0.1) is 12.3 Å². The summed E-state index contributed by atoms with van der Waals surface area (Å²) in [4.78, 5) is 11.0. The quantitative estimate of drug-likeness (QED) is 0.608. The lowest BCUT2D eigenvalue weighted by Gasteiger charge is -2.37. The van der Waals surface area contributed by atoms with Crippen LogP contribution in [0.1, 0.15) is 32.1 Å². The van der Waals surface area contributed by atoms with Crippen molar-refractivity contribution in [3.8, 4) is 12.3 Å². The molecule has 1 aliphatic rings. The first-order chi connectivity index (χ1) is 5.16. The molecule has 0 aromatic rings. The predicted octanol–water partition coefficient (Wildman–Crippen LogP) is 0.850. The Balaban J connectivity index is 2.30. The molecule has 2 nitrogen and oxygen atoms in total. The van der Waals surface area contributed by atoms with Crippen LogP contribution in [0.2, 0.25) is 0 Å². The van der Waals surface area contributed by atoms with E-state index in [1.54, 1.807) is 0 Å². The Morgan fingerprint density at radius 3 is 2.64 bits per heavy atom. The Morgan fingerprint density at radius 2 is 2.27 bits per heavy atom. The maximum Gasteiger partial charge on any atom is 0.146 e. The van der Waals surface area contributed by atoms with Crippen LogP contribution in [0.5, 0.6) is 0 Å². The van der Waals surface area contributed by atoms with Crippen LogP contribution in [0.15, 0.2) is 0 Å². The standard InChI is InChI=1S/C9H13NO/c1-2-4-8(11)7-9(10)5-3-6-9/h1H,3-7,10H2. The molecule has 2 N–H and O–H groups in total. The highest BCUT2D eigenvalue weighted by atomic mass is 16.1. The van der Waals surface area contributed by atoms with Gasteiger partial charge >= 0.3 is 0 Å². The van der Waals surface area contributed by atoms with Gasteiger partial charge in [0.05, 0.1) is 6.42 Å². The van der Waals surface area contributed by atoms with Gasteiger partial charge in [0.25, 0.3) is 0 Å². The van der Waals surface area contributed by atoms with E-state index in [0.717, 1.165) is 19.3 Å². The van der Waals surface area contributed by atoms with Crippen LogP contribution < -0.4 is 5.73 Å². The van der Waals surface area contributed by atoms with Crippen LogP contribution >= 0.6 is 0 Å². The van der Waals surface area contributed by atoms with Crippen molar-refractivity contribution in [3.63, 3.8) is 0 Å². The molecule has 0 bridgehead atoms. The van der Waals surface area contributed by atoms with Crippen molar-refractivity contribution < 1.29 is 4.79 Å². The molecule has 0 spiro atoms. The van der Waals surface area contributed by atoms with Gasteiger partial charge in [-0.1, -0.05) is 5.92 Å². The number of carbonyl (C=O) groups is 1. The van der Waals surface area contributed by atoms with Gasteiger partial charge in [-0.3, -0.25) is 4.79 Å². The lowest BCUT2D eigenvalue weighted by Crippen LogP contribution is -2.48. The molecular formula is C9H13NO. The van der Waals surface area contributed by atoms with Gasteiger partial charge in [-0.25, -0.2) is 0 Å². The Bertz CT molecular complexity index is 198. The number of carbonyl (C=O) groups excluding carboxylic acids is 1. The van der Waals surface area contributed by atoms with E-state index in [1.807, 2.05) is 0 Å². The second-order valence-electron chi connectivity index (χ2n) is 3.31. The van der Waals surface area contributed by atoms with Crippen molar-refractivity contribution in [2.45, 2.75) is 37.6 Å². The normalized spacial score (nSPS) is 20.0. The molecule has 1 aliphatic carbocycles. The minimum Gasteiger partial charge on any atom is -0.325 e. The lowest BCUT2D eigenvalue weighted by molar-refractivity contribution is -0.119. The van der Waals surface area contributed by atoms with E-state index in [0.29, 0.717) is 6.42 Å². The summed E-state index contributed by atoms with van der Waals surface area (Å²) >= 11 is 0. The van der Waals surface area contributed by atoms with Crippen LogP contribution in [0.4, 0.5) is 0 Å². The maximum absolute atomic E-state index is 11.0. The van der Waals surface area contributed by atoms with E-state index >= 15 is 0 Å². The fraction of sp³-hybridized carbons (Fsp3) is 0.667. The highest BCUT2D eigenvalue weighted by molar-refractivity contribution is 5.81. The van der Waals surface area contributed by atoms with E-state index in [4.69, 9.17) is 12.2 Å². The van der Waals surface area contributed by atoms with Gasteiger partial charge in [0.15, 0.2) is 0 Å². The van der Waals surface area contributed by atoms with Crippen molar-refractivity contribution >= 4 is 5.78 Å². The van der Waals surface area contributed by atoms with Gasteiger partial charge in [-0.05, 0) is 19.3 Å². The van der Waals surface area contributed by atoms with Gasteiger partial charge in [-0.15, -0.1) is 6.42 Å². The van der Waals surface area contributed by atoms with Gasteiger partial charge in [-0.2, -0.15) is 0 Å². The van der Waals surface area contributed by atoms with Crippen molar-refractivity contribution in [2.24, 2.45) is 5.73 Å². The highest BCUT2D eigenvalue weighted by Gasteiger charge is 2.33. The number of terminal acetylenes is 1. The van der Waals surface area contributed by atoms with E-state index in [9.17, 15) is 4.79 Å². The second kappa shape index (κ2) is 3.06. The summed E-state index contributed by atoms with van der Waals surface area (Å²) in [5, 5.41) is 0. The van der Waals surface area contributed by atoms with Gasteiger partial charge in [0.2, 0.25) is 0 Å². The number of ketones is 1. The molecule has 0 aromatic carbocycles. The van der Waals surface area contributed by atoms with Crippen molar-refractivity contribution in [1.29, 1.82) is 0 Å². The highest BCUT2D eigenvalue weighted by Crippen LogP contribution is 2.32. The Morgan fingerprint density at radius 1 is 1.64 bits per heavy atom. The van der Waals surface area contributed by atoms with Crippen LogP contribution in [0.3, 0.4) is 0 Å². The van der Waals surface area contributed by atoms with E-state index in [2.05, 4.69) is 5.92 Å². The summed E-state index contributed by atoms with van der Waals surface area (Å²) in [6.07, 6.45) is 8.80. The smallest absolute Gasteiger partial charge is 0.146 e. The average Bonchev–Trinajstić information content (AvgIpc) is 1.85. The van der Waals surface area contributed by atoms with Crippen molar-refractivity contribution in [3.05, 3.63) is 0 Å². The molecule has 0 amide bonds. The predicted molar refractivity (Wildman–Crippen MR) is 43.8 cm³/mol. The zero-order chi connectivity index (χ0) is 8.32. The molecule has 1 fully saturated rings. The van der Waals surface area contributed by atoms with E-state index in [-0.39, 0.29) is 17.7 Å². The summed E-state index contributed by atoms with van der Waals surface area (Å²) in [5.41, 5.74) is 5.64. The molecule has 0 radical (unpaired) electrons. The van der Waals surface area contributed by atoms with Gasteiger partial charge < -0.3 is 5.73 Å².